The third kappa shape index (κ3) is 3.54. The summed E-state index contributed by atoms with van der Waals surface area (Å²) >= 11 is 1.41. The second-order valence-electron chi connectivity index (χ2n) is 4.17. The van der Waals surface area contributed by atoms with E-state index in [1.54, 1.807) is 6.07 Å². The van der Waals surface area contributed by atoms with Gasteiger partial charge in [0.1, 0.15) is 0 Å². The maximum Gasteiger partial charge on any atom is 0.261 e. The van der Waals surface area contributed by atoms with Crippen molar-refractivity contribution in [3.05, 3.63) is 22.4 Å². The molecule has 6 heteroatoms. The Kier molecular flexibility index (Phi) is 4.72. The van der Waals surface area contributed by atoms with E-state index < -0.39 is 0 Å². The summed E-state index contributed by atoms with van der Waals surface area (Å²) in [5.74, 6) is -0.0592. The van der Waals surface area contributed by atoms with Crippen LogP contribution in [0.1, 0.15) is 22.5 Å². The van der Waals surface area contributed by atoms with Crippen LogP contribution in [0.15, 0.2) is 17.5 Å². The summed E-state index contributed by atoms with van der Waals surface area (Å²) in [6, 6.07) is 3.56. The lowest BCUT2D eigenvalue weighted by molar-refractivity contribution is -0.122. The quantitative estimate of drug-likeness (QED) is 0.674. The highest BCUT2D eigenvalue weighted by atomic mass is 32.1. The van der Waals surface area contributed by atoms with E-state index in [1.165, 1.54) is 11.3 Å². The van der Waals surface area contributed by atoms with Crippen LogP contribution in [-0.4, -0.2) is 37.5 Å². The summed E-state index contributed by atoms with van der Waals surface area (Å²) in [7, 11) is 0. The van der Waals surface area contributed by atoms with Crippen LogP contribution in [0.4, 0.5) is 0 Å². The first-order valence-corrected chi connectivity index (χ1v) is 6.98. The van der Waals surface area contributed by atoms with Gasteiger partial charge in [-0.15, -0.1) is 11.3 Å². The minimum atomic E-state index is -0.0850. The lowest BCUT2D eigenvalue weighted by atomic mass is 10.2. The SMILES string of the molecule is O=C(NCCNC(=O)C1CCCN1)c1cccs1. The van der Waals surface area contributed by atoms with Crippen LogP contribution < -0.4 is 16.0 Å². The van der Waals surface area contributed by atoms with Gasteiger partial charge in [-0.3, -0.25) is 9.59 Å². The Morgan fingerprint density at radius 3 is 2.89 bits per heavy atom. The monoisotopic (exact) mass is 267 g/mol. The van der Waals surface area contributed by atoms with Gasteiger partial charge in [0, 0.05) is 13.1 Å². The number of hydrogen-bond acceptors (Lipinski definition) is 4. The molecule has 1 unspecified atom stereocenters. The summed E-state index contributed by atoms with van der Waals surface area (Å²) in [5, 5.41) is 10.6. The van der Waals surface area contributed by atoms with Gasteiger partial charge < -0.3 is 16.0 Å². The molecule has 1 fully saturated rings. The smallest absolute Gasteiger partial charge is 0.261 e. The maximum atomic E-state index is 11.6. The van der Waals surface area contributed by atoms with Crippen LogP contribution in [0.5, 0.6) is 0 Å². The number of carbonyl (C=O) groups excluding carboxylic acids is 2. The van der Waals surface area contributed by atoms with E-state index in [0.29, 0.717) is 18.0 Å². The van der Waals surface area contributed by atoms with Crippen molar-refractivity contribution < 1.29 is 9.59 Å². The number of thiophene rings is 1. The Hall–Kier alpha value is -1.40. The summed E-state index contributed by atoms with van der Waals surface area (Å²) in [5.41, 5.74) is 0. The maximum absolute atomic E-state index is 11.6. The molecule has 98 valence electrons. The van der Waals surface area contributed by atoms with Crippen LogP contribution in [0.25, 0.3) is 0 Å². The molecule has 2 heterocycles. The van der Waals surface area contributed by atoms with Gasteiger partial charge in [0.2, 0.25) is 5.91 Å². The highest BCUT2D eigenvalue weighted by molar-refractivity contribution is 7.12. The molecule has 0 saturated carbocycles. The second-order valence-corrected chi connectivity index (χ2v) is 5.12. The molecule has 2 amide bonds. The van der Waals surface area contributed by atoms with Crippen LogP contribution in [0.2, 0.25) is 0 Å². The molecule has 0 aromatic carbocycles. The van der Waals surface area contributed by atoms with E-state index in [4.69, 9.17) is 0 Å². The Bertz CT molecular complexity index is 399. The molecule has 5 nitrogen and oxygen atoms in total. The van der Waals surface area contributed by atoms with E-state index in [1.807, 2.05) is 11.4 Å². The van der Waals surface area contributed by atoms with Crippen LogP contribution >= 0.6 is 11.3 Å². The van der Waals surface area contributed by atoms with E-state index in [0.717, 1.165) is 19.4 Å². The third-order valence-electron chi connectivity index (χ3n) is 2.83. The fourth-order valence-corrected chi connectivity index (χ4v) is 2.53. The average molecular weight is 267 g/mol. The molecule has 2 rings (SSSR count). The van der Waals surface area contributed by atoms with Gasteiger partial charge in [-0.25, -0.2) is 0 Å². The summed E-state index contributed by atoms with van der Waals surface area (Å²) in [6.45, 7) is 1.83. The van der Waals surface area contributed by atoms with Crippen LogP contribution in [0.3, 0.4) is 0 Å². The van der Waals surface area contributed by atoms with E-state index >= 15 is 0 Å². The third-order valence-corrected chi connectivity index (χ3v) is 3.70. The largest absolute Gasteiger partial charge is 0.353 e. The van der Waals surface area contributed by atoms with Crippen molar-refractivity contribution in [3.63, 3.8) is 0 Å². The lowest BCUT2D eigenvalue weighted by Crippen LogP contribution is -2.43. The molecule has 1 aromatic heterocycles. The van der Waals surface area contributed by atoms with Gasteiger partial charge in [-0.1, -0.05) is 6.07 Å². The summed E-state index contributed by atoms with van der Waals surface area (Å²) < 4.78 is 0. The van der Waals surface area contributed by atoms with E-state index in [9.17, 15) is 9.59 Å². The molecule has 18 heavy (non-hydrogen) atoms. The molecular formula is C12H17N3O2S. The van der Waals surface area contributed by atoms with Crippen molar-refractivity contribution in [1.82, 2.24) is 16.0 Å². The first-order valence-electron chi connectivity index (χ1n) is 6.10. The topological polar surface area (TPSA) is 70.2 Å². The minimum Gasteiger partial charge on any atom is -0.353 e. The highest BCUT2D eigenvalue weighted by Gasteiger charge is 2.21. The molecule has 1 aromatic rings. The number of hydrogen-bond donors (Lipinski definition) is 3. The number of amides is 2. The highest BCUT2D eigenvalue weighted by Crippen LogP contribution is 2.07. The molecule has 1 aliphatic rings. The fourth-order valence-electron chi connectivity index (χ4n) is 1.89. The van der Waals surface area contributed by atoms with Gasteiger partial charge in [0.15, 0.2) is 0 Å². The first kappa shape index (κ1) is 13.0. The first-order chi connectivity index (χ1) is 8.77. The Balaban J connectivity index is 1.61. The number of nitrogens with one attached hydrogen (secondary N) is 3. The second kappa shape index (κ2) is 6.51. The molecular weight excluding hydrogens is 250 g/mol. The predicted molar refractivity (Wildman–Crippen MR) is 70.7 cm³/mol. The molecule has 0 bridgehead atoms. The Morgan fingerprint density at radius 2 is 2.22 bits per heavy atom. The molecule has 0 spiro atoms. The lowest BCUT2D eigenvalue weighted by Gasteiger charge is -2.11. The molecule has 1 aliphatic heterocycles. The zero-order valence-corrected chi connectivity index (χ0v) is 10.9. The van der Waals surface area contributed by atoms with Crippen molar-refractivity contribution >= 4 is 23.2 Å². The van der Waals surface area contributed by atoms with Crippen LogP contribution in [-0.2, 0) is 4.79 Å². The Labute approximate surface area is 110 Å². The molecule has 0 radical (unpaired) electrons. The van der Waals surface area contributed by atoms with Gasteiger partial charge in [0.05, 0.1) is 10.9 Å². The predicted octanol–water partition coefficient (Wildman–Crippen LogP) is 0.346. The minimum absolute atomic E-state index is 0.0258. The van der Waals surface area contributed by atoms with Crippen LogP contribution in [0, 0.1) is 0 Å². The van der Waals surface area contributed by atoms with Gasteiger partial charge >= 0.3 is 0 Å². The van der Waals surface area contributed by atoms with Gasteiger partial charge in [-0.2, -0.15) is 0 Å². The summed E-state index contributed by atoms with van der Waals surface area (Å²) in [4.78, 5) is 23.9. The number of rotatable bonds is 5. The van der Waals surface area contributed by atoms with Gasteiger partial charge in [-0.05, 0) is 30.8 Å². The molecule has 1 saturated heterocycles. The van der Waals surface area contributed by atoms with Crippen molar-refractivity contribution in [2.24, 2.45) is 0 Å². The Morgan fingerprint density at radius 1 is 1.39 bits per heavy atom. The molecule has 1 atom stereocenters. The standard InChI is InChI=1S/C12H17N3O2S/c16-11(9-3-1-5-13-9)14-6-7-15-12(17)10-4-2-8-18-10/h2,4,8-9,13H,1,3,5-7H2,(H,14,16)(H,15,17). The van der Waals surface area contributed by atoms with E-state index in [2.05, 4.69) is 16.0 Å². The zero-order valence-electron chi connectivity index (χ0n) is 10.1. The van der Waals surface area contributed by atoms with Crippen molar-refractivity contribution in [1.29, 1.82) is 0 Å². The average Bonchev–Trinajstić information content (AvgIpc) is 3.05. The number of carbonyl (C=O) groups is 2. The molecule has 0 aliphatic carbocycles. The summed E-state index contributed by atoms with van der Waals surface area (Å²) in [6.07, 6.45) is 1.95. The zero-order chi connectivity index (χ0) is 12.8. The van der Waals surface area contributed by atoms with Gasteiger partial charge in [0.25, 0.3) is 5.91 Å². The van der Waals surface area contributed by atoms with E-state index in [-0.39, 0.29) is 17.9 Å². The fraction of sp³-hybridized carbons (Fsp3) is 0.500. The van der Waals surface area contributed by atoms with Crippen molar-refractivity contribution in [2.45, 2.75) is 18.9 Å². The normalized spacial score (nSPS) is 18.6. The van der Waals surface area contributed by atoms with Crippen molar-refractivity contribution in [2.75, 3.05) is 19.6 Å². The van der Waals surface area contributed by atoms with Crippen molar-refractivity contribution in [3.8, 4) is 0 Å². The molecule has 3 N–H and O–H groups in total.